The molecule has 0 bridgehead atoms. The van der Waals surface area contributed by atoms with Crippen LogP contribution in [0, 0.1) is 15.9 Å². The normalized spacial score (nSPS) is 11.9. The lowest BCUT2D eigenvalue weighted by molar-refractivity contribution is -0.385. The molecule has 12 heteroatoms. The lowest BCUT2D eigenvalue weighted by Crippen LogP contribution is -2.11. The summed E-state index contributed by atoms with van der Waals surface area (Å²) in [6, 6.07) is 13.0. The zero-order valence-corrected chi connectivity index (χ0v) is 19.9. The average molecular weight is 538 g/mol. The van der Waals surface area contributed by atoms with E-state index in [0.717, 1.165) is 6.07 Å². The van der Waals surface area contributed by atoms with Gasteiger partial charge in [-0.1, -0.05) is 40.9 Å². The van der Waals surface area contributed by atoms with E-state index in [1.807, 2.05) is 0 Å². The number of phenols is 1. The van der Waals surface area contributed by atoms with Crippen LogP contribution in [0.2, 0.25) is 15.1 Å². The van der Waals surface area contributed by atoms with Crippen molar-refractivity contribution in [3.05, 3.63) is 101 Å². The number of aromatic hydroxyl groups is 1. The van der Waals surface area contributed by atoms with E-state index in [9.17, 15) is 19.6 Å². The van der Waals surface area contributed by atoms with Crippen molar-refractivity contribution >= 4 is 63.7 Å². The van der Waals surface area contributed by atoms with Crippen LogP contribution in [0.3, 0.4) is 0 Å². The Morgan fingerprint density at radius 1 is 1.06 bits per heavy atom. The van der Waals surface area contributed by atoms with Crippen molar-refractivity contribution in [3.63, 3.8) is 0 Å². The number of aromatic nitrogens is 1. The molecule has 34 heavy (non-hydrogen) atoms. The zero-order valence-electron chi connectivity index (χ0n) is 16.8. The van der Waals surface area contributed by atoms with Crippen molar-refractivity contribution in [1.82, 2.24) is 4.68 Å². The average Bonchev–Trinajstić information content (AvgIpc) is 3.19. The van der Waals surface area contributed by atoms with E-state index in [-0.39, 0.29) is 10.6 Å². The van der Waals surface area contributed by atoms with Crippen molar-refractivity contribution < 1.29 is 14.4 Å². The van der Waals surface area contributed by atoms with Crippen molar-refractivity contribution in [2.24, 2.45) is 10.1 Å². The van der Waals surface area contributed by atoms with Gasteiger partial charge in [-0.2, -0.15) is 5.10 Å². The predicted molar refractivity (Wildman–Crippen MR) is 132 cm³/mol. The third-order valence-corrected chi connectivity index (χ3v) is 6.32. The highest BCUT2D eigenvalue weighted by atomic mass is 35.5. The summed E-state index contributed by atoms with van der Waals surface area (Å²) in [4.78, 5) is 15.4. The highest BCUT2D eigenvalue weighted by Gasteiger charge is 2.18. The first kappa shape index (κ1) is 23.9. The first-order valence-corrected chi connectivity index (χ1v) is 11.4. The molecule has 0 aliphatic heterocycles. The molecule has 0 radical (unpaired) electrons. The van der Waals surface area contributed by atoms with Crippen LogP contribution < -0.4 is 4.80 Å². The topological polar surface area (TPSA) is 93.0 Å². The van der Waals surface area contributed by atoms with E-state index < -0.39 is 22.2 Å². The van der Waals surface area contributed by atoms with Crippen molar-refractivity contribution in [1.29, 1.82) is 0 Å². The fourth-order valence-corrected chi connectivity index (χ4v) is 4.31. The summed E-state index contributed by atoms with van der Waals surface area (Å²) < 4.78 is 14.8. The molecule has 1 N–H and O–H groups in total. The van der Waals surface area contributed by atoms with Crippen LogP contribution in [0.5, 0.6) is 5.75 Å². The molecule has 1 heterocycles. The van der Waals surface area contributed by atoms with Crippen molar-refractivity contribution in [2.45, 2.75) is 0 Å². The third kappa shape index (κ3) is 5.13. The summed E-state index contributed by atoms with van der Waals surface area (Å²) in [7, 11) is 0. The molecule has 4 rings (SSSR count). The van der Waals surface area contributed by atoms with Gasteiger partial charge in [-0.15, -0.1) is 11.3 Å². The Kier molecular flexibility index (Phi) is 6.99. The predicted octanol–water partition coefficient (Wildman–Crippen LogP) is 7.04. The van der Waals surface area contributed by atoms with E-state index in [2.05, 4.69) is 10.1 Å². The second kappa shape index (κ2) is 9.94. The van der Waals surface area contributed by atoms with E-state index >= 15 is 0 Å². The van der Waals surface area contributed by atoms with Crippen molar-refractivity contribution in [2.75, 3.05) is 0 Å². The monoisotopic (exact) mass is 536 g/mol. The van der Waals surface area contributed by atoms with E-state index in [4.69, 9.17) is 34.8 Å². The maximum atomic E-state index is 13.3. The Hall–Kier alpha value is -3.24. The highest BCUT2D eigenvalue weighted by molar-refractivity contribution is 7.07. The molecule has 3 aromatic carbocycles. The molecule has 0 saturated carbocycles. The lowest BCUT2D eigenvalue weighted by atomic mass is 10.2. The molecule has 0 aliphatic rings. The molecule has 1 aromatic heterocycles. The van der Waals surface area contributed by atoms with Gasteiger partial charge in [-0.3, -0.25) is 10.1 Å². The molecule has 0 saturated heterocycles. The lowest BCUT2D eigenvalue weighted by Gasteiger charge is -2.06. The minimum Gasteiger partial charge on any atom is -0.502 e. The molecular weight excluding hydrogens is 526 g/mol. The molecule has 172 valence electrons. The number of hydrogen-bond acceptors (Lipinski definition) is 6. The number of halogens is 4. The molecule has 0 atom stereocenters. The minimum atomic E-state index is -0.743. The van der Waals surface area contributed by atoms with E-state index in [1.54, 1.807) is 23.6 Å². The van der Waals surface area contributed by atoms with Gasteiger partial charge in [0.15, 0.2) is 0 Å². The summed E-state index contributed by atoms with van der Waals surface area (Å²) in [5, 5.41) is 28.5. The standard InChI is InChI=1S/C22H12Cl3FN4O3S/c23-14-7-13(21(31)19(9-14)30(32)33)10-27-29-20(12-1-6-17(24)18(25)8-12)11-34-22(29)28-16-4-2-15(26)3-5-16/h1-11,31H. The number of nitrogens with zero attached hydrogens (tertiary/aromatic N) is 4. The molecule has 0 spiro atoms. The Morgan fingerprint density at radius 3 is 2.47 bits per heavy atom. The van der Waals surface area contributed by atoms with Crippen LogP contribution >= 0.6 is 46.1 Å². The number of nitro groups is 1. The summed E-state index contributed by atoms with van der Waals surface area (Å²) in [6.45, 7) is 0. The van der Waals surface area contributed by atoms with Gasteiger partial charge < -0.3 is 5.11 Å². The first-order chi connectivity index (χ1) is 16.2. The number of rotatable bonds is 5. The quantitative estimate of drug-likeness (QED) is 0.168. The minimum absolute atomic E-state index is 0.0331. The first-order valence-electron chi connectivity index (χ1n) is 9.40. The van der Waals surface area contributed by atoms with Crippen LogP contribution in [0.25, 0.3) is 11.3 Å². The number of nitro benzene ring substituents is 1. The van der Waals surface area contributed by atoms with Gasteiger partial charge >= 0.3 is 5.69 Å². The van der Waals surface area contributed by atoms with Gasteiger partial charge in [0.25, 0.3) is 0 Å². The van der Waals surface area contributed by atoms with Crippen LogP contribution in [0.1, 0.15) is 5.56 Å². The molecule has 7 nitrogen and oxygen atoms in total. The van der Waals surface area contributed by atoms with Gasteiger partial charge in [0, 0.05) is 27.6 Å². The van der Waals surface area contributed by atoms with Crippen LogP contribution in [-0.4, -0.2) is 20.9 Å². The largest absolute Gasteiger partial charge is 0.502 e. The maximum absolute atomic E-state index is 13.3. The fraction of sp³-hybridized carbons (Fsp3) is 0. The zero-order chi connectivity index (χ0) is 24.4. The Morgan fingerprint density at radius 2 is 1.79 bits per heavy atom. The number of hydrogen-bond donors (Lipinski definition) is 1. The smallest absolute Gasteiger partial charge is 0.312 e. The number of benzene rings is 3. The highest BCUT2D eigenvalue weighted by Crippen LogP contribution is 2.33. The van der Waals surface area contributed by atoms with E-state index in [1.165, 1.54) is 52.6 Å². The van der Waals surface area contributed by atoms with Crippen LogP contribution in [0.15, 0.2) is 70.1 Å². The molecule has 0 fully saturated rings. The summed E-state index contributed by atoms with van der Waals surface area (Å²) in [5.74, 6) is -0.979. The Bertz CT molecular complexity index is 1500. The molecule has 0 unspecified atom stereocenters. The number of thiazole rings is 1. The second-order valence-corrected chi connectivity index (χ2v) is 8.88. The summed E-state index contributed by atoms with van der Waals surface area (Å²) in [5.41, 5.74) is 1.21. The van der Waals surface area contributed by atoms with Crippen LogP contribution in [-0.2, 0) is 0 Å². The molecular formula is C22H12Cl3FN4O3S. The van der Waals surface area contributed by atoms with Crippen molar-refractivity contribution in [3.8, 4) is 17.0 Å². The van der Waals surface area contributed by atoms with Gasteiger partial charge in [-0.25, -0.2) is 14.1 Å². The van der Waals surface area contributed by atoms with E-state index in [0.29, 0.717) is 31.8 Å². The Balaban J connectivity index is 1.89. The number of phenolic OH excluding ortho intramolecular Hbond substituents is 1. The SMILES string of the molecule is O=[N+]([O-])c1cc(Cl)cc(C=Nn2c(-c3ccc(Cl)c(Cl)c3)csc2=Nc2ccc(F)cc2)c1O. The second-order valence-electron chi connectivity index (χ2n) is 6.80. The summed E-state index contributed by atoms with van der Waals surface area (Å²) >= 11 is 19.4. The van der Waals surface area contributed by atoms with Gasteiger partial charge in [0.1, 0.15) is 5.82 Å². The molecule has 0 amide bonds. The van der Waals surface area contributed by atoms with Gasteiger partial charge in [-0.05, 0) is 42.5 Å². The molecule has 0 aliphatic carbocycles. The van der Waals surface area contributed by atoms with Gasteiger partial charge in [0.05, 0.1) is 32.6 Å². The Labute approximate surface area is 210 Å². The fourth-order valence-electron chi connectivity index (χ4n) is 2.93. The molecule has 4 aromatic rings. The third-order valence-electron chi connectivity index (χ3n) is 4.55. The maximum Gasteiger partial charge on any atom is 0.312 e. The van der Waals surface area contributed by atoms with Gasteiger partial charge in [0.2, 0.25) is 10.6 Å². The van der Waals surface area contributed by atoms with Crippen LogP contribution in [0.4, 0.5) is 15.8 Å². The summed E-state index contributed by atoms with van der Waals surface area (Å²) in [6.07, 6.45) is 1.23.